The second kappa shape index (κ2) is 10.1. The van der Waals surface area contributed by atoms with Crippen LogP contribution in [0.4, 0.5) is 0 Å². The lowest BCUT2D eigenvalue weighted by molar-refractivity contribution is 0.167. The fourth-order valence-corrected chi connectivity index (χ4v) is 3.87. The van der Waals surface area contributed by atoms with Gasteiger partial charge in [-0.15, -0.1) is 24.0 Å². The summed E-state index contributed by atoms with van der Waals surface area (Å²) in [5.74, 6) is 0.719. The minimum absolute atomic E-state index is 0. The Morgan fingerprint density at radius 2 is 1.83 bits per heavy atom. The Morgan fingerprint density at radius 3 is 2.25 bits per heavy atom. The molecule has 1 aliphatic rings. The number of hydrogen-bond donors (Lipinski definition) is 3. The van der Waals surface area contributed by atoms with Crippen molar-refractivity contribution in [1.82, 2.24) is 20.3 Å². The molecule has 0 radical (unpaired) electrons. The number of hydrogen-bond acceptors (Lipinski definition) is 4. The molecule has 3 N–H and O–H groups in total. The molecule has 144 valence electrons. The van der Waals surface area contributed by atoms with Crippen LogP contribution in [0.25, 0.3) is 0 Å². The van der Waals surface area contributed by atoms with E-state index in [0.717, 1.165) is 31.9 Å². The van der Waals surface area contributed by atoms with E-state index in [2.05, 4.69) is 39.1 Å². The lowest BCUT2D eigenvalue weighted by atomic mass is 10.0. The maximum atomic E-state index is 11.4. The highest BCUT2D eigenvalue weighted by Crippen LogP contribution is 2.12. The minimum Gasteiger partial charge on any atom is -0.355 e. The Morgan fingerprint density at radius 1 is 1.29 bits per heavy atom. The van der Waals surface area contributed by atoms with E-state index < -0.39 is 15.6 Å². The van der Waals surface area contributed by atoms with Crippen molar-refractivity contribution in [3.63, 3.8) is 0 Å². The van der Waals surface area contributed by atoms with Crippen molar-refractivity contribution in [1.29, 1.82) is 0 Å². The van der Waals surface area contributed by atoms with Gasteiger partial charge in [0.2, 0.25) is 10.0 Å². The third-order valence-corrected chi connectivity index (χ3v) is 4.91. The molecule has 0 bridgehead atoms. The molecule has 0 aliphatic carbocycles. The van der Waals surface area contributed by atoms with Crippen LogP contribution in [0.1, 0.15) is 40.5 Å². The average Bonchev–Trinajstić information content (AvgIpc) is 2.41. The number of aliphatic imine (C=N–C) groups is 1. The van der Waals surface area contributed by atoms with E-state index in [-0.39, 0.29) is 24.0 Å². The lowest BCUT2D eigenvalue weighted by Gasteiger charge is -2.35. The summed E-state index contributed by atoms with van der Waals surface area (Å²) in [5.41, 5.74) is -0.577. The first-order chi connectivity index (χ1) is 10.5. The molecular formula is C15H34IN5O2S. The van der Waals surface area contributed by atoms with Crippen LogP contribution in [0, 0.1) is 0 Å². The Bertz CT molecular complexity index is 500. The SMILES string of the molecule is CN=C(NCC(C)(C)NS(C)(=O)=O)NC1CCN(C(C)C)CC1.I. The molecule has 0 spiro atoms. The van der Waals surface area contributed by atoms with Gasteiger partial charge >= 0.3 is 0 Å². The van der Waals surface area contributed by atoms with Crippen LogP contribution < -0.4 is 15.4 Å². The van der Waals surface area contributed by atoms with E-state index in [1.165, 1.54) is 6.26 Å². The molecule has 1 fully saturated rings. The van der Waals surface area contributed by atoms with Crippen LogP contribution in [0.5, 0.6) is 0 Å². The molecule has 0 aromatic rings. The van der Waals surface area contributed by atoms with Crippen molar-refractivity contribution in [2.45, 2.75) is 58.2 Å². The first-order valence-corrected chi connectivity index (χ1v) is 10.1. The third kappa shape index (κ3) is 9.38. The molecule has 0 aromatic carbocycles. The van der Waals surface area contributed by atoms with Gasteiger partial charge in [-0.25, -0.2) is 13.1 Å². The number of guanidine groups is 1. The predicted octanol–water partition coefficient (Wildman–Crippen LogP) is 0.970. The molecular weight excluding hydrogens is 441 g/mol. The molecule has 0 saturated carbocycles. The van der Waals surface area contributed by atoms with E-state index in [4.69, 9.17) is 0 Å². The molecule has 1 rings (SSSR count). The smallest absolute Gasteiger partial charge is 0.209 e. The molecule has 0 atom stereocenters. The fourth-order valence-electron chi connectivity index (χ4n) is 2.79. The van der Waals surface area contributed by atoms with Crippen LogP contribution in [0.2, 0.25) is 0 Å². The first-order valence-electron chi connectivity index (χ1n) is 8.22. The Hall–Kier alpha value is -0.130. The topological polar surface area (TPSA) is 85.8 Å². The molecule has 0 unspecified atom stereocenters. The summed E-state index contributed by atoms with van der Waals surface area (Å²) in [5, 5.41) is 6.65. The van der Waals surface area contributed by atoms with Crippen molar-refractivity contribution >= 4 is 40.0 Å². The van der Waals surface area contributed by atoms with Crippen LogP contribution in [-0.2, 0) is 10.0 Å². The van der Waals surface area contributed by atoms with Crippen molar-refractivity contribution in [3.8, 4) is 0 Å². The van der Waals surface area contributed by atoms with E-state index in [1.807, 2.05) is 13.8 Å². The third-order valence-electron chi connectivity index (χ3n) is 3.98. The summed E-state index contributed by atoms with van der Waals surface area (Å²) in [4.78, 5) is 6.72. The van der Waals surface area contributed by atoms with Gasteiger partial charge in [-0.1, -0.05) is 0 Å². The van der Waals surface area contributed by atoms with Gasteiger partial charge in [0, 0.05) is 44.3 Å². The molecule has 24 heavy (non-hydrogen) atoms. The summed E-state index contributed by atoms with van der Waals surface area (Å²) in [6, 6.07) is 0.999. The molecule has 0 aromatic heterocycles. The zero-order valence-corrected chi connectivity index (χ0v) is 18.9. The van der Waals surface area contributed by atoms with Gasteiger partial charge in [0.1, 0.15) is 0 Å². The minimum atomic E-state index is -3.23. The standard InChI is InChI=1S/C15H33N5O2S.HI/c1-12(2)20-9-7-13(8-10-20)18-14(16-5)17-11-15(3,4)19-23(6,21)22;/h12-13,19H,7-11H2,1-6H3,(H2,16,17,18);1H. The van der Waals surface area contributed by atoms with Crippen molar-refractivity contribution in [3.05, 3.63) is 0 Å². The number of rotatable bonds is 6. The van der Waals surface area contributed by atoms with Crippen LogP contribution in [-0.4, -0.2) is 69.8 Å². The van der Waals surface area contributed by atoms with E-state index in [9.17, 15) is 8.42 Å². The monoisotopic (exact) mass is 475 g/mol. The largest absolute Gasteiger partial charge is 0.355 e. The summed E-state index contributed by atoms with van der Waals surface area (Å²) < 4.78 is 25.4. The second-order valence-electron chi connectivity index (χ2n) is 7.23. The lowest BCUT2D eigenvalue weighted by Crippen LogP contribution is -2.55. The van der Waals surface area contributed by atoms with E-state index in [0.29, 0.717) is 18.6 Å². The number of nitrogens with zero attached hydrogens (tertiary/aromatic N) is 2. The highest BCUT2D eigenvalue weighted by atomic mass is 127. The van der Waals surface area contributed by atoms with Gasteiger partial charge < -0.3 is 15.5 Å². The summed E-state index contributed by atoms with van der Waals surface area (Å²) in [7, 11) is -1.50. The number of sulfonamides is 1. The van der Waals surface area contributed by atoms with Crippen LogP contribution in [0.3, 0.4) is 0 Å². The Balaban J connectivity index is 0.00000529. The second-order valence-corrected chi connectivity index (χ2v) is 8.98. The van der Waals surface area contributed by atoms with Crippen LogP contribution in [0.15, 0.2) is 4.99 Å². The van der Waals surface area contributed by atoms with Gasteiger partial charge in [-0.3, -0.25) is 4.99 Å². The zero-order chi connectivity index (χ0) is 17.7. The van der Waals surface area contributed by atoms with Gasteiger partial charge in [0.05, 0.1) is 6.26 Å². The Kier molecular flexibility index (Phi) is 10.1. The molecule has 1 aliphatic heterocycles. The maximum absolute atomic E-state index is 11.4. The van der Waals surface area contributed by atoms with E-state index in [1.54, 1.807) is 7.05 Å². The highest BCUT2D eigenvalue weighted by molar-refractivity contribution is 14.0. The number of nitrogens with one attached hydrogen (secondary N) is 3. The number of halogens is 1. The van der Waals surface area contributed by atoms with Crippen molar-refractivity contribution < 1.29 is 8.42 Å². The predicted molar refractivity (Wildman–Crippen MR) is 112 cm³/mol. The molecule has 7 nitrogen and oxygen atoms in total. The molecule has 0 amide bonds. The quantitative estimate of drug-likeness (QED) is 0.303. The number of likely N-dealkylation sites (tertiary alicyclic amines) is 1. The van der Waals surface area contributed by atoms with E-state index >= 15 is 0 Å². The maximum Gasteiger partial charge on any atom is 0.209 e. The normalized spacial score (nSPS) is 18.4. The fraction of sp³-hybridized carbons (Fsp3) is 0.933. The van der Waals surface area contributed by atoms with Crippen molar-refractivity contribution in [2.75, 3.05) is 32.9 Å². The average molecular weight is 475 g/mol. The van der Waals surface area contributed by atoms with Crippen LogP contribution >= 0.6 is 24.0 Å². The Labute approximate surface area is 164 Å². The molecule has 1 saturated heterocycles. The van der Waals surface area contributed by atoms with Gasteiger partial charge in [-0.2, -0.15) is 0 Å². The van der Waals surface area contributed by atoms with Gasteiger partial charge in [0.15, 0.2) is 5.96 Å². The zero-order valence-electron chi connectivity index (χ0n) is 15.7. The molecule has 9 heteroatoms. The van der Waals surface area contributed by atoms with Gasteiger partial charge in [-0.05, 0) is 40.5 Å². The summed E-state index contributed by atoms with van der Waals surface area (Å²) in [6.45, 7) is 10.8. The van der Waals surface area contributed by atoms with Crippen molar-refractivity contribution in [2.24, 2.45) is 4.99 Å². The number of piperidine rings is 1. The first kappa shape index (κ1) is 23.9. The highest BCUT2D eigenvalue weighted by Gasteiger charge is 2.24. The molecule has 1 heterocycles. The summed E-state index contributed by atoms with van der Waals surface area (Å²) in [6.07, 6.45) is 3.35. The summed E-state index contributed by atoms with van der Waals surface area (Å²) >= 11 is 0. The van der Waals surface area contributed by atoms with Gasteiger partial charge in [0.25, 0.3) is 0 Å².